The molecule has 0 unspecified atom stereocenters. The Balaban J connectivity index is 1.55. The lowest BCUT2D eigenvalue weighted by molar-refractivity contribution is 0.0914. The van der Waals surface area contributed by atoms with Gasteiger partial charge in [0.05, 0.1) is 22.9 Å². The average molecular weight is 496 g/mol. The highest BCUT2D eigenvalue weighted by Gasteiger charge is 2.28. The second-order valence-electron chi connectivity index (χ2n) is 8.82. The maximum Gasteiger partial charge on any atom is 0.264 e. The summed E-state index contributed by atoms with van der Waals surface area (Å²) in [5.41, 5.74) is 1.50. The Morgan fingerprint density at radius 2 is 1.80 bits per heavy atom. The number of aryl methyl sites for hydroxylation is 1. The maximum absolute atomic E-state index is 13.6. The molecular weight excluding hydrogens is 462 g/mol. The van der Waals surface area contributed by atoms with Crippen LogP contribution in [0.2, 0.25) is 0 Å². The Labute approximate surface area is 207 Å². The molecule has 0 radical (unpaired) electrons. The molecule has 0 bridgehead atoms. The Morgan fingerprint density at radius 1 is 1.06 bits per heavy atom. The predicted molar refractivity (Wildman–Crippen MR) is 137 cm³/mol. The number of nitrogens with zero attached hydrogens (tertiary/aromatic N) is 2. The van der Waals surface area contributed by atoms with Crippen molar-refractivity contribution in [2.75, 3.05) is 30.5 Å². The van der Waals surface area contributed by atoms with Gasteiger partial charge in [-0.05, 0) is 81.7 Å². The first-order valence-electron chi connectivity index (χ1n) is 12.2. The zero-order valence-corrected chi connectivity index (χ0v) is 21.1. The highest BCUT2D eigenvalue weighted by atomic mass is 32.2. The summed E-state index contributed by atoms with van der Waals surface area (Å²) >= 11 is 0. The molecule has 1 saturated heterocycles. The van der Waals surface area contributed by atoms with E-state index >= 15 is 0 Å². The molecule has 7 nitrogen and oxygen atoms in total. The van der Waals surface area contributed by atoms with Gasteiger partial charge in [0.15, 0.2) is 0 Å². The quantitative estimate of drug-likeness (QED) is 0.463. The molecule has 3 aromatic rings. The summed E-state index contributed by atoms with van der Waals surface area (Å²) < 4.78 is 34.2. The van der Waals surface area contributed by atoms with Gasteiger partial charge in [-0.1, -0.05) is 30.7 Å². The van der Waals surface area contributed by atoms with E-state index in [1.54, 1.807) is 44.4 Å². The zero-order valence-electron chi connectivity index (χ0n) is 20.3. The van der Waals surface area contributed by atoms with Gasteiger partial charge >= 0.3 is 0 Å². The topological polar surface area (TPSA) is 82.9 Å². The number of likely N-dealkylation sites (tertiary alicyclic amines) is 1. The van der Waals surface area contributed by atoms with Crippen molar-refractivity contribution in [3.63, 3.8) is 0 Å². The third-order valence-corrected chi connectivity index (χ3v) is 8.55. The molecule has 35 heavy (non-hydrogen) atoms. The molecule has 0 aliphatic carbocycles. The number of piperidine rings is 1. The second-order valence-corrected chi connectivity index (χ2v) is 10.7. The monoisotopic (exact) mass is 495 g/mol. The molecule has 0 spiro atoms. The summed E-state index contributed by atoms with van der Waals surface area (Å²) in [5, 5.41) is 3.01. The second kappa shape index (κ2) is 11.1. The molecule has 1 aromatic heterocycles. The van der Waals surface area contributed by atoms with Gasteiger partial charge in [-0.3, -0.25) is 14.0 Å². The van der Waals surface area contributed by atoms with E-state index in [-0.39, 0.29) is 23.4 Å². The number of benzene rings is 2. The number of furan rings is 1. The summed E-state index contributed by atoms with van der Waals surface area (Å²) in [4.78, 5) is 15.6. The average Bonchev–Trinajstić information content (AvgIpc) is 3.40. The summed E-state index contributed by atoms with van der Waals surface area (Å²) in [6.07, 6.45) is 5.11. The fourth-order valence-electron chi connectivity index (χ4n) is 4.64. The van der Waals surface area contributed by atoms with Crippen LogP contribution in [0.3, 0.4) is 0 Å². The van der Waals surface area contributed by atoms with Gasteiger partial charge in [0, 0.05) is 18.7 Å². The molecule has 2 aromatic carbocycles. The van der Waals surface area contributed by atoms with Crippen LogP contribution in [0.5, 0.6) is 0 Å². The summed E-state index contributed by atoms with van der Waals surface area (Å²) in [5.74, 6) is 0.513. The van der Waals surface area contributed by atoms with Crippen molar-refractivity contribution < 1.29 is 17.6 Å². The lowest BCUT2D eigenvalue weighted by atomic mass is 10.1. The van der Waals surface area contributed by atoms with Crippen LogP contribution in [-0.4, -0.2) is 45.4 Å². The summed E-state index contributed by atoms with van der Waals surface area (Å²) in [7, 11) is -3.84. The maximum atomic E-state index is 13.6. The Hall–Kier alpha value is -3.10. The van der Waals surface area contributed by atoms with Crippen molar-refractivity contribution in [3.8, 4) is 0 Å². The fourth-order valence-corrected chi connectivity index (χ4v) is 6.36. The van der Waals surface area contributed by atoms with Crippen LogP contribution < -0.4 is 9.62 Å². The van der Waals surface area contributed by atoms with E-state index in [2.05, 4.69) is 10.2 Å². The zero-order chi connectivity index (χ0) is 24.8. The molecule has 2 heterocycles. The standard InChI is InChI=1S/C27H33N3O4S/c1-3-30(23-11-6-4-7-12-23)35(32,33)26-19-22(15-14-21(26)2)27(31)28-20-24(25-13-10-18-34-25)29-16-8-5-9-17-29/h4,6-7,10-15,18-19,24H,3,5,8-9,16-17,20H2,1-2H3,(H,28,31)/t24-/m1/s1. The van der Waals surface area contributed by atoms with Gasteiger partial charge in [-0.15, -0.1) is 0 Å². The smallest absolute Gasteiger partial charge is 0.264 e. The third-order valence-electron chi connectivity index (χ3n) is 6.51. The van der Waals surface area contributed by atoms with E-state index in [1.165, 1.54) is 16.8 Å². The highest BCUT2D eigenvalue weighted by Crippen LogP contribution is 2.27. The molecule has 4 rings (SSSR count). The minimum atomic E-state index is -3.84. The van der Waals surface area contributed by atoms with Gasteiger partial charge in [0.25, 0.3) is 15.9 Å². The molecule has 8 heteroatoms. The molecular formula is C27H33N3O4S. The normalized spacial score (nSPS) is 15.5. The Bertz CT molecular complexity index is 1220. The first-order chi connectivity index (χ1) is 16.9. The largest absolute Gasteiger partial charge is 0.468 e. The predicted octanol–water partition coefficient (Wildman–Crippen LogP) is 4.76. The van der Waals surface area contributed by atoms with Crippen LogP contribution in [0, 0.1) is 6.92 Å². The number of rotatable bonds is 9. The van der Waals surface area contributed by atoms with Crippen molar-refractivity contribution in [1.29, 1.82) is 0 Å². The van der Waals surface area contributed by atoms with Crippen molar-refractivity contribution in [2.24, 2.45) is 0 Å². The lowest BCUT2D eigenvalue weighted by Gasteiger charge is -2.33. The third kappa shape index (κ3) is 5.60. The Morgan fingerprint density at radius 3 is 2.46 bits per heavy atom. The van der Waals surface area contributed by atoms with E-state index in [1.807, 2.05) is 30.3 Å². The van der Waals surface area contributed by atoms with E-state index in [0.29, 0.717) is 23.4 Å². The van der Waals surface area contributed by atoms with Gasteiger partial charge < -0.3 is 9.73 Å². The van der Waals surface area contributed by atoms with Crippen molar-refractivity contribution in [2.45, 2.75) is 44.0 Å². The van der Waals surface area contributed by atoms with Crippen LogP contribution >= 0.6 is 0 Å². The minimum absolute atomic E-state index is 0.0587. The number of hydrogen-bond donors (Lipinski definition) is 1. The number of anilines is 1. The van der Waals surface area contributed by atoms with Crippen molar-refractivity contribution in [1.82, 2.24) is 10.2 Å². The minimum Gasteiger partial charge on any atom is -0.468 e. The number of carbonyl (C=O) groups is 1. The molecule has 1 atom stereocenters. The SMILES string of the molecule is CCN(c1ccccc1)S(=O)(=O)c1cc(C(=O)NC[C@H](c2ccco2)N2CCCCC2)ccc1C. The Kier molecular flexibility index (Phi) is 7.93. The van der Waals surface area contributed by atoms with Crippen LogP contribution in [0.4, 0.5) is 5.69 Å². The van der Waals surface area contributed by atoms with Gasteiger partial charge in [0.1, 0.15) is 5.76 Å². The number of carbonyl (C=O) groups excluding carboxylic acids is 1. The summed E-state index contributed by atoms with van der Waals surface area (Å²) in [6.45, 7) is 6.12. The van der Waals surface area contributed by atoms with E-state index < -0.39 is 10.0 Å². The van der Waals surface area contributed by atoms with Crippen molar-refractivity contribution in [3.05, 3.63) is 83.8 Å². The molecule has 1 amide bonds. The van der Waals surface area contributed by atoms with Crippen LogP contribution in [0.1, 0.15) is 53.9 Å². The molecule has 1 aliphatic rings. The lowest BCUT2D eigenvalue weighted by Crippen LogP contribution is -2.40. The van der Waals surface area contributed by atoms with Crippen LogP contribution in [0.15, 0.2) is 76.2 Å². The molecule has 1 N–H and O–H groups in total. The number of amides is 1. The van der Waals surface area contributed by atoms with Crippen molar-refractivity contribution >= 4 is 21.6 Å². The molecule has 186 valence electrons. The summed E-state index contributed by atoms with van der Waals surface area (Å²) in [6, 6.07) is 17.6. The highest BCUT2D eigenvalue weighted by molar-refractivity contribution is 7.92. The molecule has 1 aliphatic heterocycles. The molecule has 1 fully saturated rings. The van der Waals surface area contributed by atoms with Gasteiger partial charge in [-0.2, -0.15) is 0 Å². The van der Waals surface area contributed by atoms with Crippen LogP contribution in [-0.2, 0) is 10.0 Å². The number of hydrogen-bond acceptors (Lipinski definition) is 5. The van der Waals surface area contributed by atoms with E-state index in [4.69, 9.17) is 4.42 Å². The first kappa shape index (κ1) is 25.0. The number of sulfonamides is 1. The van der Waals surface area contributed by atoms with E-state index in [0.717, 1.165) is 31.7 Å². The molecule has 0 saturated carbocycles. The number of para-hydroxylation sites is 1. The fraction of sp³-hybridized carbons (Fsp3) is 0.370. The first-order valence-corrected chi connectivity index (χ1v) is 13.6. The van der Waals surface area contributed by atoms with Gasteiger partial charge in [-0.25, -0.2) is 8.42 Å². The van der Waals surface area contributed by atoms with Gasteiger partial charge in [0.2, 0.25) is 0 Å². The number of nitrogens with one attached hydrogen (secondary N) is 1. The van der Waals surface area contributed by atoms with E-state index in [9.17, 15) is 13.2 Å². The van der Waals surface area contributed by atoms with Crippen LogP contribution in [0.25, 0.3) is 0 Å².